The van der Waals surface area contributed by atoms with Crippen molar-refractivity contribution >= 4 is 5.82 Å². The second-order valence-corrected chi connectivity index (χ2v) is 5.81. The lowest BCUT2D eigenvalue weighted by molar-refractivity contribution is 0.417. The van der Waals surface area contributed by atoms with Gasteiger partial charge in [-0.2, -0.15) is 5.26 Å². The number of pyridine rings is 1. The monoisotopic (exact) mass is 231 g/mol. The number of rotatable bonds is 2. The lowest BCUT2D eigenvalue weighted by Gasteiger charge is -2.28. The van der Waals surface area contributed by atoms with Crippen LogP contribution in [0.4, 0.5) is 5.82 Å². The molecule has 17 heavy (non-hydrogen) atoms. The van der Waals surface area contributed by atoms with Crippen LogP contribution in [-0.4, -0.2) is 18.6 Å². The Kier molecular flexibility index (Phi) is 3.77. The van der Waals surface area contributed by atoms with Gasteiger partial charge in [0, 0.05) is 19.3 Å². The van der Waals surface area contributed by atoms with E-state index in [0.29, 0.717) is 5.56 Å². The number of aryl methyl sites for hydroxylation is 2. The van der Waals surface area contributed by atoms with E-state index in [0.717, 1.165) is 23.6 Å². The molecule has 0 bridgehead atoms. The fraction of sp³-hybridized carbons (Fsp3) is 0.571. The molecule has 1 rings (SSSR count). The van der Waals surface area contributed by atoms with Gasteiger partial charge in [-0.05, 0) is 30.9 Å². The average molecular weight is 231 g/mol. The summed E-state index contributed by atoms with van der Waals surface area (Å²) in [5.41, 5.74) is 2.82. The van der Waals surface area contributed by atoms with Crippen molar-refractivity contribution in [3.8, 4) is 6.07 Å². The number of anilines is 1. The maximum Gasteiger partial charge on any atom is 0.146 e. The molecule has 0 amide bonds. The molecule has 3 heteroatoms. The summed E-state index contributed by atoms with van der Waals surface area (Å²) in [6.45, 7) is 11.3. The van der Waals surface area contributed by atoms with E-state index in [1.807, 2.05) is 27.0 Å². The molecular weight excluding hydrogens is 210 g/mol. The zero-order valence-corrected chi connectivity index (χ0v) is 11.6. The Balaban J connectivity index is 3.17. The first-order valence-electron chi connectivity index (χ1n) is 5.84. The SMILES string of the molecule is Cc1cc(C)c(C#N)c(N(C)CC(C)(C)C)n1. The van der Waals surface area contributed by atoms with Gasteiger partial charge < -0.3 is 4.90 Å². The van der Waals surface area contributed by atoms with Crippen molar-refractivity contribution in [2.75, 3.05) is 18.5 Å². The molecule has 0 aromatic carbocycles. The molecule has 3 nitrogen and oxygen atoms in total. The highest BCUT2D eigenvalue weighted by molar-refractivity contribution is 5.57. The smallest absolute Gasteiger partial charge is 0.146 e. The van der Waals surface area contributed by atoms with Crippen LogP contribution >= 0.6 is 0 Å². The van der Waals surface area contributed by atoms with Gasteiger partial charge in [-0.1, -0.05) is 20.8 Å². The quantitative estimate of drug-likeness (QED) is 0.785. The van der Waals surface area contributed by atoms with E-state index in [2.05, 4.69) is 36.7 Å². The van der Waals surface area contributed by atoms with Crippen LogP contribution < -0.4 is 4.90 Å². The molecule has 0 atom stereocenters. The van der Waals surface area contributed by atoms with Crippen LogP contribution in [0, 0.1) is 30.6 Å². The van der Waals surface area contributed by atoms with Gasteiger partial charge in [0.2, 0.25) is 0 Å². The minimum absolute atomic E-state index is 0.181. The molecule has 1 aromatic rings. The summed E-state index contributed by atoms with van der Waals surface area (Å²) < 4.78 is 0. The van der Waals surface area contributed by atoms with Crippen molar-refractivity contribution in [3.05, 3.63) is 22.9 Å². The maximum atomic E-state index is 9.22. The van der Waals surface area contributed by atoms with E-state index < -0.39 is 0 Å². The zero-order valence-electron chi connectivity index (χ0n) is 11.6. The number of nitriles is 1. The standard InChI is InChI=1S/C14H21N3/c1-10-7-11(2)16-13(12(10)8-15)17(6)9-14(3,4)5/h7H,9H2,1-6H3. The van der Waals surface area contributed by atoms with E-state index in [1.165, 1.54) is 0 Å². The molecule has 0 unspecified atom stereocenters. The third-order valence-corrected chi connectivity index (χ3v) is 2.51. The van der Waals surface area contributed by atoms with Crippen molar-refractivity contribution in [2.24, 2.45) is 5.41 Å². The number of hydrogen-bond acceptors (Lipinski definition) is 3. The molecule has 0 fully saturated rings. The van der Waals surface area contributed by atoms with Crippen LogP contribution in [0.25, 0.3) is 0 Å². The van der Waals surface area contributed by atoms with Gasteiger partial charge in [-0.25, -0.2) is 4.98 Å². The van der Waals surface area contributed by atoms with Crippen LogP contribution in [0.2, 0.25) is 0 Å². The first-order valence-corrected chi connectivity index (χ1v) is 5.84. The molecule has 0 aliphatic rings. The Morgan fingerprint density at radius 1 is 1.35 bits per heavy atom. The van der Waals surface area contributed by atoms with Crippen molar-refractivity contribution in [3.63, 3.8) is 0 Å². The molecule has 0 saturated carbocycles. The summed E-state index contributed by atoms with van der Waals surface area (Å²) in [7, 11) is 1.99. The second kappa shape index (κ2) is 4.75. The largest absolute Gasteiger partial charge is 0.358 e. The van der Waals surface area contributed by atoms with Crippen molar-refractivity contribution in [2.45, 2.75) is 34.6 Å². The minimum atomic E-state index is 0.181. The average Bonchev–Trinajstić information content (AvgIpc) is 2.13. The van der Waals surface area contributed by atoms with Gasteiger partial charge >= 0.3 is 0 Å². The van der Waals surface area contributed by atoms with Crippen molar-refractivity contribution in [1.29, 1.82) is 5.26 Å². The Hall–Kier alpha value is -1.56. The number of nitrogens with zero attached hydrogens (tertiary/aromatic N) is 3. The molecule has 0 N–H and O–H groups in total. The summed E-state index contributed by atoms with van der Waals surface area (Å²) in [5, 5.41) is 9.22. The predicted molar refractivity (Wildman–Crippen MR) is 71.2 cm³/mol. The van der Waals surface area contributed by atoms with Gasteiger partial charge in [0.05, 0.1) is 5.56 Å². The molecule has 0 spiro atoms. The fourth-order valence-corrected chi connectivity index (χ4v) is 2.02. The highest BCUT2D eigenvalue weighted by Crippen LogP contribution is 2.24. The fourth-order valence-electron chi connectivity index (χ4n) is 2.02. The lowest BCUT2D eigenvalue weighted by atomic mass is 9.96. The molecule has 0 saturated heterocycles. The van der Waals surface area contributed by atoms with Gasteiger partial charge in [0.25, 0.3) is 0 Å². The Morgan fingerprint density at radius 2 is 1.94 bits per heavy atom. The van der Waals surface area contributed by atoms with Crippen LogP contribution in [0.15, 0.2) is 6.07 Å². The Bertz CT molecular complexity index is 450. The Morgan fingerprint density at radius 3 is 2.41 bits per heavy atom. The van der Waals surface area contributed by atoms with Gasteiger partial charge in [-0.3, -0.25) is 0 Å². The van der Waals surface area contributed by atoms with Gasteiger partial charge in [0.15, 0.2) is 0 Å². The van der Waals surface area contributed by atoms with E-state index in [1.54, 1.807) is 0 Å². The molecule has 0 radical (unpaired) electrons. The number of aromatic nitrogens is 1. The summed E-state index contributed by atoms with van der Waals surface area (Å²) in [6, 6.07) is 4.20. The predicted octanol–water partition coefficient (Wildman–Crippen LogP) is 3.05. The third-order valence-electron chi connectivity index (χ3n) is 2.51. The summed E-state index contributed by atoms with van der Waals surface area (Å²) in [4.78, 5) is 6.56. The summed E-state index contributed by atoms with van der Waals surface area (Å²) in [6.07, 6.45) is 0. The normalized spacial score (nSPS) is 11.1. The lowest BCUT2D eigenvalue weighted by Crippen LogP contribution is -2.30. The van der Waals surface area contributed by atoms with E-state index in [-0.39, 0.29) is 5.41 Å². The third kappa shape index (κ3) is 3.45. The van der Waals surface area contributed by atoms with Crippen LogP contribution in [0.1, 0.15) is 37.6 Å². The molecule has 1 heterocycles. The van der Waals surface area contributed by atoms with Crippen LogP contribution in [0.3, 0.4) is 0 Å². The molecule has 1 aromatic heterocycles. The topological polar surface area (TPSA) is 39.9 Å². The van der Waals surface area contributed by atoms with Crippen molar-refractivity contribution < 1.29 is 0 Å². The molecule has 0 aliphatic heterocycles. The minimum Gasteiger partial charge on any atom is -0.358 e. The van der Waals surface area contributed by atoms with E-state index >= 15 is 0 Å². The molecule has 0 aliphatic carbocycles. The molecular formula is C14H21N3. The maximum absolute atomic E-state index is 9.22. The van der Waals surface area contributed by atoms with Crippen LogP contribution in [0.5, 0.6) is 0 Å². The summed E-state index contributed by atoms with van der Waals surface area (Å²) in [5.74, 6) is 0.792. The van der Waals surface area contributed by atoms with Gasteiger partial charge in [0.1, 0.15) is 11.9 Å². The van der Waals surface area contributed by atoms with Gasteiger partial charge in [-0.15, -0.1) is 0 Å². The Labute approximate surface area is 104 Å². The number of hydrogen-bond donors (Lipinski definition) is 0. The van der Waals surface area contributed by atoms with Crippen molar-refractivity contribution in [1.82, 2.24) is 4.98 Å². The zero-order chi connectivity index (χ0) is 13.2. The van der Waals surface area contributed by atoms with E-state index in [4.69, 9.17) is 0 Å². The first-order chi connectivity index (χ1) is 7.74. The van der Waals surface area contributed by atoms with Crippen LogP contribution in [-0.2, 0) is 0 Å². The summed E-state index contributed by atoms with van der Waals surface area (Å²) >= 11 is 0. The highest BCUT2D eigenvalue weighted by Gasteiger charge is 2.18. The second-order valence-electron chi connectivity index (χ2n) is 5.81. The highest BCUT2D eigenvalue weighted by atomic mass is 15.2. The molecule has 92 valence electrons. The first kappa shape index (κ1) is 13.5. The van der Waals surface area contributed by atoms with E-state index in [9.17, 15) is 5.26 Å².